The highest BCUT2D eigenvalue weighted by Crippen LogP contribution is 2.37. The van der Waals surface area contributed by atoms with Gasteiger partial charge < -0.3 is 19.7 Å². The number of aryl methyl sites for hydroxylation is 1. The molecule has 1 saturated heterocycles. The van der Waals surface area contributed by atoms with E-state index in [9.17, 15) is 9.59 Å². The number of benzene rings is 1. The molecule has 2 aliphatic rings. The van der Waals surface area contributed by atoms with E-state index in [4.69, 9.17) is 9.47 Å². The highest BCUT2D eigenvalue weighted by Gasteiger charge is 2.35. The van der Waals surface area contributed by atoms with Crippen LogP contribution in [0.4, 0.5) is 11.5 Å². The lowest BCUT2D eigenvalue weighted by atomic mass is 10.1. The molecular weight excluding hydrogens is 322 g/mol. The first kappa shape index (κ1) is 15.4. The number of pyridine rings is 1. The fraction of sp³-hybridized carbons (Fsp3) is 0.278. The monoisotopic (exact) mass is 339 g/mol. The Morgan fingerprint density at radius 1 is 1.24 bits per heavy atom. The van der Waals surface area contributed by atoms with E-state index < -0.39 is 5.92 Å². The first-order valence-electron chi connectivity index (χ1n) is 8.04. The topological polar surface area (TPSA) is 80.8 Å². The lowest BCUT2D eigenvalue weighted by molar-refractivity contribution is -0.122. The van der Waals surface area contributed by atoms with Gasteiger partial charge in [-0.05, 0) is 30.7 Å². The Kier molecular flexibility index (Phi) is 3.76. The maximum atomic E-state index is 12.4. The Hall–Kier alpha value is -3.09. The molecule has 25 heavy (non-hydrogen) atoms. The third-order valence-electron chi connectivity index (χ3n) is 4.33. The van der Waals surface area contributed by atoms with Gasteiger partial charge in [-0.25, -0.2) is 4.98 Å². The number of hydrogen-bond donors (Lipinski definition) is 1. The molecule has 3 heterocycles. The quantitative estimate of drug-likeness (QED) is 0.926. The Morgan fingerprint density at radius 3 is 2.88 bits per heavy atom. The third kappa shape index (κ3) is 3.00. The number of fused-ring (bicyclic) bond motifs is 1. The van der Waals surface area contributed by atoms with E-state index in [1.165, 1.54) is 0 Å². The second-order valence-electron chi connectivity index (χ2n) is 6.15. The average molecular weight is 339 g/mol. The summed E-state index contributed by atoms with van der Waals surface area (Å²) >= 11 is 0. The fourth-order valence-electron chi connectivity index (χ4n) is 2.96. The summed E-state index contributed by atoms with van der Waals surface area (Å²) in [7, 11) is 0. The van der Waals surface area contributed by atoms with Crippen molar-refractivity contribution in [2.45, 2.75) is 13.3 Å². The predicted molar refractivity (Wildman–Crippen MR) is 90.6 cm³/mol. The zero-order valence-corrected chi connectivity index (χ0v) is 13.7. The van der Waals surface area contributed by atoms with Gasteiger partial charge in [-0.2, -0.15) is 0 Å². The van der Waals surface area contributed by atoms with Crippen molar-refractivity contribution in [3.63, 3.8) is 0 Å². The summed E-state index contributed by atoms with van der Waals surface area (Å²) < 4.78 is 10.6. The average Bonchev–Trinajstić information content (AvgIpc) is 3.22. The van der Waals surface area contributed by atoms with Crippen LogP contribution in [0.25, 0.3) is 0 Å². The lowest BCUT2D eigenvalue weighted by Gasteiger charge is -2.17. The maximum Gasteiger partial charge on any atom is 0.231 e. The van der Waals surface area contributed by atoms with Crippen LogP contribution in [0.15, 0.2) is 36.5 Å². The van der Waals surface area contributed by atoms with Gasteiger partial charge in [-0.1, -0.05) is 6.07 Å². The van der Waals surface area contributed by atoms with Crippen LogP contribution in [0, 0.1) is 12.8 Å². The number of rotatable bonds is 3. The summed E-state index contributed by atoms with van der Waals surface area (Å²) in [5.74, 6) is 1.06. The van der Waals surface area contributed by atoms with E-state index in [1.807, 2.05) is 13.0 Å². The minimum absolute atomic E-state index is 0.0871. The molecule has 2 aromatic rings. The number of amides is 2. The molecule has 1 atom stereocenters. The van der Waals surface area contributed by atoms with E-state index in [-0.39, 0.29) is 25.0 Å². The van der Waals surface area contributed by atoms with Crippen molar-refractivity contribution in [2.75, 3.05) is 23.6 Å². The van der Waals surface area contributed by atoms with E-state index in [2.05, 4.69) is 10.3 Å². The first-order valence-corrected chi connectivity index (χ1v) is 8.04. The van der Waals surface area contributed by atoms with Crippen molar-refractivity contribution in [2.24, 2.45) is 5.92 Å². The molecule has 2 amide bonds. The number of nitrogens with zero attached hydrogens (tertiary/aromatic N) is 2. The minimum atomic E-state index is -0.416. The largest absolute Gasteiger partial charge is 0.454 e. The zero-order chi connectivity index (χ0) is 17.4. The number of carbonyl (C=O) groups excluding carboxylic acids is 2. The molecule has 0 bridgehead atoms. The fourth-order valence-corrected chi connectivity index (χ4v) is 2.96. The molecule has 7 heteroatoms. The van der Waals surface area contributed by atoms with Crippen molar-refractivity contribution in [1.82, 2.24) is 4.98 Å². The van der Waals surface area contributed by atoms with Crippen LogP contribution in [0.1, 0.15) is 12.0 Å². The molecule has 1 aromatic carbocycles. The zero-order valence-electron chi connectivity index (χ0n) is 13.7. The van der Waals surface area contributed by atoms with Gasteiger partial charge in [0.1, 0.15) is 5.82 Å². The number of anilines is 2. The van der Waals surface area contributed by atoms with Crippen LogP contribution in [-0.4, -0.2) is 30.1 Å². The van der Waals surface area contributed by atoms with Crippen LogP contribution in [0.5, 0.6) is 11.5 Å². The molecule has 0 radical (unpaired) electrons. The van der Waals surface area contributed by atoms with Crippen molar-refractivity contribution in [3.8, 4) is 11.5 Å². The van der Waals surface area contributed by atoms with E-state index in [0.29, 0.717) is 29.5 Å². The summed E-state index contributed by atoms with van der Waals surface area (Å²) in [6, 6.07) is 8.96. The molecule has 1 unspecified atom stereocenters. The van der Waals surface area contributed by atoms with Crippen LogP contribution in [-0.2, 0) is 9.59 Å². The summed E-state index contributed by atoms with van der Waals surface area (Å²) in [4.78, 5) is 30.5. The van der Waals surface area contributed by atoms with Gasteiger partial charge in [-0.15, -0.1) is 0 Å². The van der Waals surface area contributed by atoms with Crippen molar-refractivity contribution < 1.29 is 19.1 Å². The smallest absolute Gasteiger partial charge is 0.231 e. The maximum absolute atomic E-state index is 12.4. The summed E-state index contributed by atoms with van der Waals surface area (Å²) in [6.07, 6.45) is 1.86. The molecule has 1 fully saturated rings. The predicted octanol–water partition coefficient (Wildman–Crippen LogP) is 2.11. The van der Waals surface area contributed by atoms with Gasteiger partial charge in [0, 0.05) is 30.9 Å². The molecule has 0 saturated carbocycles. The summed E-state index contributed by atoms with van der Waals surface area (Å²) in [5, 5.41) is 2.77. The lowest BCUT2D eigenvalue weighted by Crippen LogP contribution is -2.28. The van der Waals surface area contributed by atoms with Gasteiger partial charge in [0.05, 0.1) is 5.92 Å². The van der Waals surface area contributed by atoms with E-state index in [0.717, 1.165) is 5.56 Å². The van der Waals surface area contributed by atoms with E-state index in [1.54, 1.807) is 35.4 Å². The van der Waals surface area contributed by atoms with Gasteiger partial charge in [0.15, 0.2) is 11.5 Å². The number of nitrogens with one attached hydrogen (secondary N) is 1. The molecule has 1 aromatic heterocycles. The van der Waals surface area contributed by atoms with Crippen LogP contribution < -0.4 is 19.7 Å². The summed E-state index contributed by atoms with van der Waals surface area (Å²) in [5.41, 5.74) is 1.72. The SMILES string of the molecule is Cc1ccc(NC(=O)C2CC(=O)N(c3ccc4c(c3)OCO4)C2)nc1. The Balaban J connectivity index is 1.46. The number of hydrogen-bond acceptors (Lipinski definition) is 5. The van der Waals surface area contributed by atoms with Crippen LogP contribution >= 0.6 is 0 Å². The van der Waals surface area contributed by atoms with Gasteiger partial charge in [0.25, 0.3) is 0 Å². The molecule has 7 nitrogen and oxygen atoms in total. The highest BCUT2D eigenvalue weighted by molar-refractivity contribution is 6.03. The van der Waals surface area contributed by atoms with Crippen molar-refractivity contribution in [1.29, 1.82) is 0 Å². The molecule has 4 rings (SSSR count). The molecule has 2 aliphatic heterocycles. The van der Waals surface area contributed by atoms with Gasteiger partial charge in [-0.3, -0.25) is 9.59 Å². The highest BCUT2D eigenvalue weighted by atomic mass is 16.7. The second kappa shape index (κ2) is 6.08. The van der Waals surface area contributed by atoms with Crippen LogP contribution in [0.3, 0.4) is 0 Å². The van der Waals surface area contributed by atoms with Crippen molar-refractivity contribution >= 4 is 23.3 Å². The van der Waals surface area contributed by atoms with E-state index >= 15 is 0 Å². The molecular formula is C18H17N3O4. The summed E-state index contributed by atoms with van der Waals surface area (Å²) in [6.45, 7) is 2.44. The van der Waals surface area contributed by atoms with Crippen molar-refractivity contribution in [3.05, 3.63) is 42.1 Å². The second-order valence-corrected chi connectivity index (χ2v) is 6.15. The standard InChI is InChI=1S/C18H17N3O4/c1-11-2-5-16(19-8-11)20-18(23)12-6-17(22)21(9-12)13-3-4-14-15(7-13)25-10-24-14/h2-5,7-8,12H,6,9-10H2,1H3,(H,19,20,23). The van der Waals surface area contributed by atoms with Gasteiger partial charge >= 0.3 is 0 Å². The van der Waals surface area contributed by atoms with Crippen LogP contribution in [0.2, 0.25) is 0 Å². The molecule has 128 valence electrons. The molecule has 1 N–H and O–H groups in total. The number of ether oxygens (including phenoxy) is 2. The Labute approximate surface area is 144 Å². The third-order valence-corrected chi connectivity index (χ3v) is 4.33. The van der Waals surface area contributed by atoms with Gasteiger partial charge in [0.2, 0.25) is 18.6 Å². The minimum Gasteiger partial charge on any atom is -0.454 e. The Morgan fingerprint density at radius 2 is 2.08 bits per heavy atom. The molecule has 0 spiro atoms. The normalized spacial score (nSPS) is 18.5. The first-order chi connectivity index (χ1) is 12.1. The Bertz CT molecular complexity index is 835. The molecule has 0 aliphatic carbocycles. The number of aromatic nitrogens is 1. The number of carbonyl (C=O) groups is 2.